The Morgan fingerprint density at radius 3 is 2.55 bits per heavy atom. The van der Waals surface area contributed by atoms with Gasteiger partial charge in [0.05, 0.1) is 5.39 Å². The molecule has 0 bridgehead atoms. The van der Waals surface area contributed by atoms with Crippen molar-refractivity contribution in [3.8, 4) is 0 Å². The minimum atomic E-state index is -0.700. The first-order valence-corrected chi connectivity index (χ1v) is 6.50. The molecule has 3 aromatic rings. The SMILES string of the molecule is NNc1nc(Nc2c(F)cccc2F)c2ccsc2n1. The van der Waals surface area contributed by atoms with E-state index in [1.807, 2.05) is 5.38 Å². The summed E-state index contributed by atoms with van der Waals surface area (Å²) in [5.41, 5.74) is 2.06. The lowest BCUT2D eigenvalue weighted by atomic mass is 10.2. The van der Waals surface area contributed by atoms with E-state index in [2.05, 4.69) is 20.7 Å². The summed E-state index contributed by atoms with van der Waals surface area (Å²) in [5, 5.41) is 5.13. The van der Waals surface area contributed by atoms with Crippen molar-refractivity contribution >= 4 is 39.0 Å². The van der Waals surface area contributed by atoms with E-state index in [9.17, 15) is 8.78 Å². The number of anilines is 3. The quantitative estimate of drug-likeness (QED) is 0.511. The van der Waals surface area contributed by atoms with Crippen LogP contribution in [0.4, 0.5) is 26.2 Å². The lowest BCUT2D eigenvalue weighted by molar-refractivity contribution is 0.590. The Kier molecular flexibility index (Phi) is 3.17. The zero-order valence-electron chi connectivity index (χ0n) is 10.0. The number of nitrogens with two attached hydrogens (primary N) is 1. The monoisotopic (exact) mass is 293 g/mol. The number of nitrogen functional groups attached to an aromatic ring is 1. The van der Waals surface area contributed by atoms with Gasteiger partial charge < -0.3 is 5.32 Å². The molecule has 0 aliphatic carbocycles. The standard InChI is InChI=1S/C12H9F2N5S/c13-7-2-1-3-8(14)9(7)16-10-6-4-5-20-11(6)18-12(17-10)19-15/h1-5H,15H2,(H2,16,17,18,19). The van der Waals surface area contributed by atoms with Crippen molar-refractivity contribution in [2.24, 2.45) is 5.84 Å². The summed E-state index contributed by atoms with van der Waals surface area (Å²) in [6.45, 7) is 0. The fourth-order valence-electron chi connectivity index (χ4n) is 1.75. The summed E-state index contributed by atoms with van der Waals surface area (Å²) in [4.78, 5) is 8.89. The van der Waals surface area contributed by atoms with Gasteiger partial charge in [-0.2, -0.15) is 4.98 Å². The van der Waals surface area contributed by atoms with Crippen LogP contribution in [0.15, 0.2) is 29.6 Å². The molecule has 8 heteroatoms. The predicted octanol–water partition coefficient (Wildman–Crippen LogP) is 3.00. The van der Waals surface area contributed by atoms with Crippen molar-refractivity contribution < 1.29 is 8.78 Å². The van der Waals surface area contributed by atoms with Gasteiger partial charge in [0, 0.05) is 0 Å². The summed E-state index contributed by atoms with van der Waals surface area (Å²) < 4.78 is 27.3. The molecule has 0 fully saturated rings. The Labute approximate surface area is 116 Å². The van der Waals surface area contributed by atoms with E-state index in [4.69, 9.17) is 5.84 Å². The number of rotatable bonds is 3. The van der Waals surface area contributed by atoms with Crippen LogP contribution in [0.1, 0.15) is 0 Å². The zero-order chi connectivity index (χ0) is 14.1. The molecule has 4 N–H and O–H groups in total. The smallest absolute Gasteiger partial charge is 0.240 e. The van der Waals surface area contributed by atoms with Crippen LogP contribution >= 0.6 is 11.3 Å². The van der Waals surface area contributed by atoms with Gasteiger partial charge in [0.1, 0.15) is 28.0 Å². The topological polar surface area (TPSA) is 75.9 Å². The summed E-state index contributed by atoms with van der Waals surface area (Å²) in [6.07, 6.45) is 0. The summed E-state index contributed by atoms with van der Waals surface area (Å²) in [6, 6.07) is 5.39. The maximum Gasteiger partial charge on any atom is 0.240 e. The summed E-state index contributed by atoms with van der Waals surface area (Å²) in [5.74, 6) is 4.34. The number of nitrogens with one attached hydrogen (secondary N) is 2. The molecule has 2 heterocycles. The van der Waals surface area contributed by atoms with Gasteiger partial charge in [-0.25, -0.2) is 19.6 Å². The lowest BCUT2D eigenvalue weighted by Crippen LogP contribution is -2.11. The van der Waals surface area contributed by atoms with Crippen molar-refractivity contribution in [3.63, 3.8) is 0 Å². The number of fused-ring (bicyclic) bond motifs is 1. The highest BCUT2D eigenvalue weighted by Crippen LogP contribution is 2.30. The van der Waals surface area contributed by atoms with Gasteiger partial charge in [0.2, 0.25) is 5.95 Å². The van der Waals surface area contributed by atoms with E-state index in [-0.39, 0.29) is 17.5 Å². The van der Waals surface area contributed by atoms with E-state index in [1.165, 1.54) is 29.5 Å². The fraction of sp³-hybridized carbons (Fsp3) is 0. The highest BCUT2D eigenvalue weighted by Gasteiger charge is 2.13. The minimum Gasteiger partial charge on any atom is -0.335 e. The number of hydrogen-bond donors (Lipinski definition) is 3. The third-order valence-corrected chi connectivity index (χ3v) is 3.47. The zero-order valence-corrected chi connectivity index (χ0v) is 10.8. The Bertz CT molecular complexity index is 753. The molecule has 3 rings (SSSR count). The predicted molar refractivity (Wildman–Crippen MR) is 74.9 cm³/mol. The molecule has 2 aromatic heterocycles. The van der Waals surface area contributed by atoms with Crippen molar-refractivity contribution in [1.29, 1.82) is 0 Å². The van der Waals surface area contributed by atoms with Crippen LogP contribution in [-0.2, 0) is 0 Å². The molecule has 0 atom stereocenters. The van der Waals surface area contributed by atoms with Gasteiger partial charge in [-0.05, 0) is 23.6 Å². The Hall–Kier alpha value is -2.32. The molecule has 0 saturated heterocycles. The van der Waals surface area contributed by atoms with Crippen LogP contribution in [0.5, 0.6) is 0 Å². The van der Waals surface area contributed by atoms with Gasteiger partial charge in [-0.3, -0.25) is 5.43 Å². The van der Waals surface area contributed by atoms with Gasteiger partial charge in [0.25, 0.3) is 0 Å². The average molecular weight is 293 g/mol. The number of hydrogen-bond acceptors (Lipinski definition) is 6. The molecule has 102 valence electrons. The third-order valence-electron chi connectivity index (χ3n) is 2.66. The second kappa shape index (κ2) is 4.99. The number of benzene rings is 1. The van der Waals surface area contributed by atoms with Crippen molar-refractivity contribution in [1.82, 2.24) is 9.97 Å². The van der Waals surface area contributed by atoms with E-state index < -0.39 is 11.6 Å². The van der Waals surface area contributed by atoms with E-state index in [0.717, 1.165) is 0 Å². The fourth-order valence-corrected chi connectivity index (χ4v) is 2.51. The molecule has 1 aromatic carbocycles. The summed E-state index contributed by atoms with van der Waals surface area (Å²) >= 11 is 1.38. The molecule has 0 amide bonds. The molecule has 0 unspecified atom stereocenters. The first-order valence-electron chi connectivity index (χ1n) is 5.62. The Morgan fingerprint density at radius 1 is 1.10 bits per heavy atom. The van der Waals surface area contributed by atoms with Crippen LogP contribution in [0.3, 0.4) is 0 Å². The van der Waals surface area contributed by atoms with Gasteiger partial charge in [-0.1, -0.05) is 6.07 Å². The first-order chi connectivity index (χ1) is 9.69. The van der Waals surface area contributed by atoms with Crippen LogP contribution in [0, 0.1) is 11.6 Å². The molecular weight excluding hydrogens is 284 g/mol. The second-order valence-electron chi connectivity index (χ2n) is 3.90. The first kappa shape index (κ1) is 12.7. The minimum absolute atomic E-state index is 0.166. The maximum absolute atomic E-state index is 13.7. The van der Waals surface area contributed by atoms with Gasteiger partial charge >= 0.3 is 0 Å². The average Bonchev–Trinajstić information content (AvgIpc) is 2.91. The number of nitrogens with zero attached hydrogens (tertiary/aromatic N) is 2. The van der Waals surface area contributed by atoms with Gasteiger partial charge in [-0.15, -0.1) is 11.3 Å². The van der Waals surface area contributed by atoms with Crippen LogP contribution in [-0.4, -0.2) is 9.97 Å². The molecular formula is C12H9F2N5S. The Morgan fingerprint density at radius 2 is 1.85 bits per heavy atom. The van der Waals surface area contributed by atoms with Crippen molar-refractivity contribution in [2.45, 2.75) is 0 Å². The largest absolute Gasteiger partial charge is 0.335 e. The molecule has 0 radical (unpaired) electrons. The van der Waals surface area contributed by atoms with E-state index in [1.54, 1.807) is 6.07 Å². The molecule has 0 spiro atoms. The van der Waals surface area contributed by atoms with Crippen LogP contribution < -0.4 is 16.6 Å². The van der Waals surface area contributed by atoms with E-state index >= 15 is 0 Å². The van der Waals surface area contributed by atoms with Gasteiger partial charge in [0.15, 0.2) is 0 Å². The lowest BCUT2D eigenvalue weighted by Gasteiger charge is -2.10. The highest BCUT2D eigenvalue weighted by atomic mass is 32.1. The highest BCUT2D eigenvalue weighted by molar-refractivity contribution is 7.16. The van der Waals surface area contributed by atoms with E-state index in [0.29, 0.717) is 10.2 Å². The Balaban J connectivity index is 2.12. The van der Waals surface area contributed by atoms with Crippen LogP contribution in [0.2, 0.25) is 0 Å². The number of hydrazine groups is 1. The maximum atomic E-state index is 13.7. The molecule has 0 aliphatic heterocycles. The molecule has 0 saturated carbocycles. The van der Waals surface area contributed by atoms with Crippen molar-refractivity contribution in [3.05, 3.63) is 41.3 Å². The molecule has 5 nitrogen and oxygen atoms in total. The number of para-hydroxylation sites is 1. The van der Waals surface area contributed by atoms with Crippen LogP contribution in [0.25, 0.3) is 10.2 Å². The third kappa shape index (κ3) is 2.15. The number of aromatic nitrogens is 2. The summed E-state index contributed by atoms with van der Waals surface area (Å²) in [7, 11) is 0. The second-order valence-corrected chi connectivity index (χ2v) is 4.80. The number of halogens is 2. The molecule has 20 heavy (non-hydrogen) atoms. The molecule has 0 aliphatic rings. The normalized spacial score (nSPS) is 10.8. The number of thiophene rings is 1. The van der Waals surface area contributed by atoms with Crippen molar-refractivity contribution in [2.75, 3.05) is 10.7 Å².